The molecule has 0 saturated heterocycles. The number of halogens is 1. The Kier molecular flexibility index (Phi) is 5.06. The molecule has 114 valence electrons. The molecule has 0 amide bonds. The highest BCUT2D eigenvalue weighted by Gasteiger charge is 2.12. The standard InChI is InChI=1S/C14H18BrN3O3/c1-8(2)13-17-18-14(21-13)16-7-9-5-11(19-3)12(20-4)6-10(9)15/h5-6,8H,7H2,1-4H3,(H,16,18). The summed E-state index contributed by atoms with van der Waals surface area (Å²) in [7, 11) is 3.21. The van der Waals surface area contributed by atoms with E-state index >= 15 is 0 Å². The van der Waals surface area contributed by atoms with Gasteiger partial charge >= 0.3 is 6.01 Å². The lowest BCUT2D eigenvalue weighted by atomic mass is 10.2. The number of methoxy groups -OCH3 is 2. The van der Waals surface area contributed by atoms with Crippen LogP contribution in [0.1, 0.15) is 31.2 Å². The van der Waals surface area contributed by atoms with Crippen LogP contribution in [0.15, 0.2) is 21.0 Å². The van der Waals surface area contributed by atoms with Gasteiger partial charge in [0.1, 0.15) is 0 Å². The Morgan fingerprint density at radius 2 is 1.86 bits per heavy atom. The van der Waals surface area contributed by atoms with Crippen molar-refractivity contribution in [2.24, 2.45) is 0 Å². The molecule has 0 aliphatic carbocycles. The number of aromatic nitrogens is 2. The first-order valence-corrected chi connectivity index (χ1v) is 7.32. The predicted molar refractivity (Wildman–Crippen MR) is 83.0 cm³/mol. The molecule has 2 rings (SSSR count). The fraction of sp³-hybridized carbons (Fsp3) is 0.429. The molecule has 0 fully saturated rings. The first-order valence-electron chi connectivity index (χ1n) is 6.52. The van der Waals surface area contributed by atoms with Crippen molar-refractivity contribution in [2.45, 2.75) is 26.3 Å². The van der Waals surface area contributed by atoms with Crippen LogP contribution in [0, 0.1) is 0 Å². The SMILES string of the molecule is COc1cc(Br)c(CNc2nnc(C(C)C)o2)cc1OC. The van der Waals surface area contributed by atoms with Gasteiger partial charge in [-0.15, -0.1) is 5.10 Å². The number of nitrogens with one attached hydrogen (secondary N) is 1. The van der Waals surface area contributed by atoms with Crippen molar-refractivity contribution in [1.29, 1.82) is 0 Å². The minimum absolute atomic E-state index is 0.209. The van der Waals surface area contributed by atoms with E-state index in [9.17, 15) is 0 Å². The summed E-state index contributed by atoms with van der Waals surface area (Å²) in [5.74, 6) is 2.17. The van der Waals surface area contributed by atoms with Crippen molar-refractivity contribution in [3.05, 3.63) is 28.1 Å². The van der Waals surface area contributed by atoms with Gasteiger partial charge in [0.2, 0.25) is 5.89 Å². The Labute approximate surface area is 132 Å². The normalized spacial score (nSPS) is 10.8. The van der Waals surface area contributed by atoms with Crippen LogP contribution in [0.3, 0.4) is 0 Å². The monoisotopic (exact) mass is 355 g/mol. The third-order valence-electron chi connectivity index (χ3n) is 2.92. The van der Waals surface area contributed by atoms with E-state index in [2.05, 4.69) is 31.4 Å². The average Bonchev–Trinajstić information content (AvgIpc) is 2.94. The van der Waals surface area contributed by atoms with Crippen LogP contribution in [0.4, 0.5) is 6.01 Å². The Hall–Kier alpha value is -1.76. The third kappa shape index (κ3) is 3.66. The summed E-state index contributed by atoms with van der Waals surface area (Å²) in [5.41, 5.74) is 0.997. The second-order valence-corrected chi connectivity index (χ2v) is 5.61. The van der Waals surface area contributed by atoms with Gasteiger partial charge in [0, 0.05) is 16.9 Å². The summed E-state index contributed by atoms with van der Waals surface area (Å²) >= 11 is 3.51. The molecule has 0 saturated carbocycles. The van der Waals surface area contributed by atoms with Crippen molar-refractivity contribution < 1.29 is 13.9 Å². The van der Waals surface area contributed by atoms with E-state index in [4.69, 9.17) is 13.9 Å². The maximum absolute atomic E-state index is 5.50. The van der Waals surface area contributed by atoms with Crippen LogP contribution in [0.2, 0.25) is 0 Å². The number of anilines is 1. The van der Waals surface area contributed by atoms with Gasteiger partial charge in [-0.1, -0.05) is 34.9 Å². The maximum Gasteiger partial charge on any atom is 0.315 e. The van der Waals surface area contributed by atoms with Crippen molar-refractivity contribution >= 4 is 21.9 Å². The van der Waals surface area contributed by atoms with Gasteiger partial charge in [0.15, 0.2) is 11.5 Å². The zero-order valence-corrected chi connectivity index (χ0v) is 14.0. The summed E-state index contributed by atoms with van der Waals surface area (Å²) in [4.78, 5) is 0. The topological polar surface area (TPSA) is 69.4 Å². The van der Waals surface area contributed by atoms with Crippen molar-refractivity contribution in [1.82, 2.24) is 10.2 Å². The van der Waals surface area contributed by atoms with E-state index < -0.39 is 0 Å². The fourth-order valence-electron chi connectivity index (χ4n) is 1.74. The van der Waals surface area contributed by atoms with Crippen molar-refractivity contribution in [3.8, 4) is 11.5 Å². The summed E-state index contributed by atoms with van der Waals surface area (Å²) in [5, 5.41) is 11.0. The molecular weight excluding hydrogens is 338 g/mol. The molecule has 1 aromatic heterocycles. The summed E-state index contributed by atoms with van der Waals surface area (Å²) in [6, 6.07) is 4.17. The van der Waals surface area contributed by atoms with E-state index in [0.29, 0.717) is 29.9 Å². The van der Waals surface area contributed by atoms with E-state index in [0.717, 1.165) is 10.0 Å². The number of hydrogen-bond donors (Lipinski definition) is 1. The Balaban J connectivity index is 2.12. The van der Waals surface area contributed by atoms with Gasteiger partial charge in [0.05, 0.1) is 14.2 Å². The maximum atomic E-state index is 5.50. The molecule has 1 N–H and O–H groups in total. The minimum atomic E-state index is 0.209. The molecule has 21 heavy (non-hydrogen) atoms. The Morgan fingerprint density at radius 1 is 1.19 bits per heavy atom. The van der Waals surface area contributed by atoms with Crippen LogP contribution >= 0.6 is 15.9 Å². The van der Waals surface area contributed by atoms with Gasteiger partial charge in [-0.25, -0.2) is 0 Å². The predicted octanol–water partition coefficient (Wildman–Crippen LogP) is 3.58. The lowest BCUT2D eigenvalue weighted by Crippen LogP contribution is -2.02. The van der Waals surface area contributed by atoms with Gasteiger partial charge in [-0.2, -0.15) is 0 Å². The van der Waals surface area contributed by atoms with Crippen molar-refractivity contribution in [2.75, 3.05) is 19.5 Å². The highest BCUT2D eigenvalue weighted by molar-refractivity contribution is 9.10. The van der Waals surface area contributed by atoms with Gasteiger partial charge < -0.3 is 19.2 Å². The number of nitrogens with zero attached hydrogens (tertiary/aromatic N) is 2. The summed E-state index contributed by atoms with van der Waals surface area (Å²) in [6.07, 6.45) is 0. The van der Waals surface area contributed by atoms with Crippen LogP contribution in [0.5, 0.6) is 11.5 Å². The first kappa shape index (κ1) is 15.6. The van der Waals surface area contributed by atoms with Crippen LogP contribution < -0.4 is 14.8 Å². The molecule has 7 heteroatoms. The molecule has 0 spiro atoms. The minimum Gasteiger partial charge on any atom is -0.493 e. The second-order valence-electron chi connectivity index (χ2n) is 4.75. The van der Waals surface area contributed by atoms with E-state index in [1.54, 1.807) is 14.2 Å². The fourth-order valence-corrected chi connectivity index (χ4v) is 2.20. The Morgan fingerprint density at radius 3 is 2.43 bits per heavy atom. The zero-order valence-electron chi connectivity index (χ0n) is 12.4. The van der Waals surface area contributed by atoms with Gasteiger partial charge in [0.25, 0.3) is 0 Å². The molecule has 0 aliphatic heterocycles. The van der Waals surface area contributed by atoms with Gasteiger partial charge in [-0.3, -0.25) is 0 Å². The largest absolute Gasteiger partial charge is 0.493 e. The molecular formula is C14H18BrN3O3. The smallest absolute Gasteiger partial charge is 0.315 e. The molecule has 0 atom stereocenters. The molecule has 0 aliphatic rings. The summed E-state index contributed by atoms with van der Waals surface area (Å²) < 4.78 is 17.0. The van der Waals surface area contributed by atoms with Crippen molar-refractivity contribution in [3.63, 3.8) is 0 Å². The molecule has 0 unspecified atom stereocenters. The van der Waals surface area contributed by atoms with Crippen LogP contribution in [-0.2, 0) is 6.54 Å². The lowest BCUT2D eigenvalue weighted by Gasteiger charge is -2.11. The van der Waals surface area contributed by atoms with Gasteiger partial charge in [-0.05, 0) is 17.7 Å². The number of hydrogen-bond acceptors (Lipinski definition) is 6. The molecule has 1 heterocycles. The lowest BCUT2D eigenvalue weighted by molar-refractivity contribution is 0.354. The average molecular weight is 356 g/mol. The number of benzene rings is 1. The highest BCUT2D eigenvalue weighted by Crippen LogP contribution is 2.33. The molecule has 6 nitrogen and oxygen atoms in total. The van der Waals surface area contributed by atoms with Crippen LogP contribution in [-0.4, -0.2) is 24.4 Å². The number of rotatable bonds is 6. The van der Waals surface area contributed by atoms with Crippen LogP contribution in [0.25, 0.3) is 0 Å². The first-order chi connectivity index (χ1) is 10.0. The molecule has 2 aromatic rings. The molecule has 0 radical (unpaired) electrons. The van der Waals surface area contributed by atoms with E-state index in [1.807, 2.05) is 26.0 Å². The molecule has 0 bridgehead atoms. The van der Waals surface area contributed by atoms with E-state index in [1.165, 1.54) is 0 Å². The zero-order chi connectivity index (χ0) is 15.4. The second kappa shape index (κ2) is 6.80. The highest BCUT2D eigenvalue weighted by atomic mass is 79.9. The van der Waals surface area contributed by atoms with E-state index in [-0.39, 0.29) is 5.92 Å². The molecule has 1 aromatic carbocycles. The third-order valence-corrected chi connectivity index (χ3v) is 3.66. The number of ether oxygens (including phenoxy) is 2. The summed E-state index contributed by atoms with van der Waals surface area (Å²) in [6.45, 7) is 4.53. The Bertz CT molecular complexity index is 614. The quantitative estimate of drug-likeness (QED) is 0.853.